The van der Waals surface area contributed by atoms with E-state index in [2.05, 4.69) is 29.2 Å². The van der Waals surface area contributed by atoms with Crippen LogP contribution < -0.4 is 23.8 Å². The van der Waals surface area contributed by atoms with Crippen LogP contribution in [0, 0.1) is 0 Å². The summed E-state index contributed by atoms with van der Waals surface area (Å²) in [5.41, 5.74) is 2.82. The molecule has 0 unspecified atom stereocenters. The Kier molecular flexibility index (Phi) is 7.42. The van der Waals surface area contributed by atoms with Crippen molar-refractivity contribution < 1.29 is 23.7 Å². The molecule has 7 nitrogen and oxygen atoms in total. The lowest BCUT2D eigenvalue weighted by molar-refractivity contribution is 0.0518. The molecule has 3 aromatic carbocycles. The monoisotopic (exact) mass is 462 g/mol. The number of benzene rings is 3. The highest BCUT2D eigenvalue weighted by Crippen LogP contribution is 2.37. The molecule has 0 spiro atoms. The fourth-order valence-corrected chi connectivity index (χ4v) is 4.04. The number of carbonyl (C=O) groups excluding carboxylic acids is 1. The first-order valence-corrected chi connectivity index (χ1v) is 11.2. The first-order chi connectivity index (χ1) is 16.6. The van der Waals surface area contributed by atoms with Gasteiger partial charge in [0, 0.05) is 37.5 Å². The molecule has 1 heterocycles. The number of hydrogen-bond donors (Lipinski definition) is 0. The largest absolute Gasteiger partial charge is 0.497 e. The van der Waals surface area contributed by atoms with Crippen LogP contribution in [0.3, 0.4) is 0 Å². The molecule has 0 aromatic heterocycles. The van der Waals surface area contributed by atoms with E-state index in [1.54, 1.807) is 38.4 Å². The van der Waals surface area contributed by atoms with E-state index in [9.17, 15) is 4.79 Å². The van der Waals surface area contributed by atoms with Crippen molar-refractivity contribution in [2.45, 2.75) is 13.0 Å². The van der Waals surface area contributed by atoms with Gasteiger partial charge in [-0.2, -0.15) is 0 Å². The van der Waals surface area contributed by atoms with Gasteiger partial charge >= 0.3 is 0 Å². The summed E-state index contributed by atoms with van der Waals surface area (Å²) in [7, 11) is 4.78. The maximum Gasteiger partial charge on any atom is 0.260 e. The molecule has 1 amide bonds. The van der Waals surface area contributed by atoms with Crippen LogP contribution in [0.15, 0.2) is 66.7 Å². The maximum atomic E-state index is 13.1. The Hall–Kier alpha value is -3.87. The van der Waals surface area contributed by atoms with Gasteiger partial charge in [-0.25, -0.2) is 0 Å². The summed E-state index contributed by atoms with van der Waals surface area (Å²) < 4.78 is 21.8. The van der Waals surface area contributed by atoms with Gasteiger partial charge in [-0.1, -0.05) is 30.3 Å². The fourth-order valence-electron chi connectivity index (χ4n) is 4.04. The van der Waals surface area contributed by atoms with E-state index in [1.165, 1.54) is 5.56 Å². The van der Waals surface area contributed by atoms with Crippen molar-refractivity contribution in [3.05, 3.63) is 77.9 Å². The van der Waals surface area contributed by atoms with Gasteiger partial charge in [0.15, 0.2) is 18.2 Å². The molecule has 1 aliphatic heterocycles. The quantitative estimate of drug-likeness (QED) is 0.439. The number of carbonyl (C=O) groups is 1. The summed E-state index contributed by atoms with van der Waals surface area (Å²) >= 11 is 0. The summed E-state index contributed by atoms with van der Waals surface area (Å²) in [6.45, 7) is 2.35. The SMILES string of the molecule is COc1ccc(N(CCCN2COc3cc(OC)c(OC)cc3C2=O)Cc2ccccc2)cc1. The molecule has 0 bridgehead atoms. The van der Waals surface area contributed by atoms with Crippen LogP contribution >= 0.6 is 0 Å². The number of anilines is 1. The molecule has 4 rings (SSSR count). The van der Waals surface area contributed by atoms with Gasteiger partial charge in [-0.15, -0.1) is 0 Å². The van der Waals surface area contributed by atoms with E-state index in [4.69, 9.17) is 18.9 Å². The maximum absolute atomic E-state index is 13.1. The minimum absolute atomic E-state index is 0.0683. The van der Waals surface area contributed by atoms with Gasteiger partial charge < -0.3 is 28.7 Å². The smallest absolute Gasteiger partial charge is 0.260 e. The normalized spacial score (nSPS) is 12.6. The Bertz CT molecular complexity index is 1100. The van der Waals surface area contributed by atoms with Gasteiger partial charge in [-0.3, -0.25) is 4.79 Å². The minimum atomic E-state index is -0.0683. The summed E-state index contributed by atoms with van der Waals surface area (Å²) in [6, 6.07) is 21.8. The summed E-state index contributed by atoms with van der Waals surface area (Å²) in [5.74, 6) is 2.32. The molecule has 0 aliphatic carbocycles. The van der Waals surface area contributed by atoms with E-state index in [-0.39, 0.29) is 12.6 Å². The van der Waals surface area contributed by atoms with Gasteiger partial charge in [0.05, 0.1) is 26.9 Å². The summed E-state index contributed by atoms with van der Waals surface area (Å²) in [5, 5.41) is 0. The number of rotatable bonds is 10. The third-order valence-electron chi connectivity index (χ3n) is 5.89. The van der Waals surface area contributed by atoms with Gasteiger partial charge in [0.25, 0.3) is 5.91 Å². The van der Waals surface area contributed by atoms with Crippen LogP contribution in [0.2, 0.25) is 0 Å². The van der Waals surface area contributed by atoms with Crippen molar-refractivity contribution in [1.82, 2.24) is 4.90 Å². The van der Waals surface area contributed by atoms with E-state index in [0.29, 0.717) is 29.4 Å². The average molecular weight is 463 g/mol. The summed E-state index contributed by atoms with van der Waals surface area (Å²) in [4.78, 5) is 17.2. The number of amides is 1. The van der Waals surface area contributed by atoms with E-state index >= 15 is 0 Å². The van der Waals surface area contributed by atoms with Gasteiger partial charge in [0.1, 0.15) is 11.5 Å². The van der Waals surface area contributed by atoms with Crippen LogP contribution in [0.4, 0.5) is 5.69 Å². The molecule has 3 aromatic rings. The highest BCUT2D eigenvalue weighted by atomic mass is 16.5. The second kappa shape index (κ2) is 10.8. The third kappa shape index (κ3) is 5.20. The Balaban J connectivity index is 1.44. The van der Waals surface area contributed by atoms with Crippen molar-refractivity contribution in [3.63, 3.8) is 0 Å². The van der Waals surface area contributed by atoms with E-state index in [0.717, 1.165) is 30.9 Å². The van der Waals surface area contributed by atoms with Gasteiger partial charge in [-0.05, 0) is 36.2 Å². The lowest BCUT2D eigenvalue weighted by atomic mass is 10.1. The number of nitrogens with zero attached hydrogens (tertiary/aromatic N) is 2. The first kappa shape index (κ1) is 23.3. The van der Waals surface area contributed by atoms with Crippen LogP contribution in [-0.4, -0.2) is 52.0 Å². The van der Waals surface area contributed by atoms with Crippen LogP contribution in [0.25, 0.3) is 0 Å². The topological polar surface area (TPSA) is 60.5 Å². The lowest BCUT2D eigenvalue weighted by Crippen LogP contribution is -2.40. The Morgan fingerprint density at radius 1 is 0.912 bits per heavy atom. The van der Waals surface area contributed by atoms with Crippen molar-refractivity contribution in [1.29, 1.82) is 0 Å². The highest BCUT2D eigenvalue weighted by Gasteiger charge is 2.27. The summed E-state index contributed by atoms with van der Waals surface area (Å²) in [6.07, 6.45) is 0.788. The zero-order valence-electron chi connectivity index (χ0n) is 19.8. The molecule has 0 saturated carbocycles. The second-order valence-corrected chi connectivity index (χ2v) is 8.00. The number of methoxy groups -OCH3 is 3. The molecule has 0 fully saturated rings. The molecule has 7 heteroatoms. The molecular weight excluding hydrogens is 432 g/mol. The molecule has 34 heavy (non-hydrogen) atoms. The fraction of sp³-hybridized carbons (Fsp3) is 0.296. The lowest BCUT2D eigenvalue weighted by Gasteiger charge is -2.31. The highest BCUT2D eigenvalue weighted by molar-refractivity contribution is 5.98. The second-order valence-electron chi connectivity index (χ2n) is 8.00. The number of hydrogen-bond acceptors (Lipinski definition) is 6. The zero-order chi connectivity index (χ0) is 23.9. The Morgan fingerprint density at radius 2 is 1.62 bits per heavy atom. The third-order valence-corrected chi connectivity index (χ3v) is 5.89. The molecule has 0 saturated heterocycles. The average Bonchev–Trinajstić information content (AvgIpc) is 2.89. The van der Waals surface area contributed by atoms with E-state index < -0.39 is 0 Å². The van der Waals surface area contributed by atoms with E-state index in [1.807, 2.05) is 30.3 Å². The number of fused-ring (bicyclic) bond motifs is 1. The standard InChI is InChI=1S/C27H30N2O5/c1-31-22-12-10-21(11-13-22)28(18-20-8-5-4-6-9-20)14-7-15-29-19-34-24-17-26(33-3)25(32-2)16-23(24)27(29)30/h4-6,8-13,16-17H,7,14-15,18-19H2,1-3H3. The molecule has 1 aliphatic rings. The van der Waals surface area contributed by atoms with Crippen molar-refractivity contribution in [3.8, 4) is 23.0 Å². The molecule has 0 N–H and O–H groups in total. The zero-order valence-corrected chi connectivity index (χ0v) is 19.8. The Labute approximate surface area is 200 Å². The van der Waals surface area contributed by atoms with Crippen LogP contribution in [0.5, 0.6) is 23.0 Å². The predicted molar refractivity (Wildman–Crippen MR) is 131 cm³/mol. The van der Waals surface area contributed by atoms with Crippen LogP contribution in [0.1, 0.15) is 22.3 Å². The minimum Gasteiger partial charge on any atom is -0.497 e. The van der Waals surface area contributed by atoms with Crippen molar-refractivity contribution >= 4 is 11.6 Å². The predicted octanol–water partition coefficient (Wildman–Crippen LogP) is 4.60. The molecule has 0 radical (unpaired) electrons. The first-order valence-electron chi connectivity index (χ1n) is 11.2. The van der Waals surface area contributed by atoms with Crippen molar-refractivity contribution in [2.24, 2.45) is 0 Å². The molecular formula is C27H30N2O5. The van der Waals surface area contributed by atoms with Crippen molar-refractivity contribution in [2.75, 3.05) is 46.0 Å². The molecule has 178 valence electrons. The van der Waals surface area contributed by atoms with Crippen LogP contribution in [-0.2, 0) is 6.54 Å². The van der Waals surface area contributed by atoms with Gasteiger partial charge in [0.2, 0.25) is 0 Å². The Morgan fingerprint density at radius 3 is 2.29 bits per heavy atom. The molecule has 0 atom stereocenters. The number of ether oxygens (including phenoxy) is 4.